The molecule has 0 saturated heterocycles. The lowest BCUT2D eigenvalue weighted by atomic mass is 10.1. The molecule has 1 aliphatic heterocycles. The summed E-state index contributed by atoms with van der Waals surface area (Å²) in [6, 6.07) is 0.949. The maximum absolute atomic E-state index is 12.7. The van der Waals surface area contributed by atoms with Crippen LogP contribution in [0.15, 0.2) is 17.3 Å². The second kappa shape index (κ2) is 9.50. The Morgan fingerprint density at radius 1 is 1.43 bits per heavy atom. The van der Waals surface area contributed by atoms with Crippen molar-refractivity contribution in [3.8, 4) is 5.88 Å². The first-order valence-electron chi connectivity index (χ1n) is 9.57. The van der Waals surface area contributed by atoms with Crippen LogP contribution in [0.25, 0.3) is 0 Å². The first-order chi connectivity index (χ1) is 14.3. The Labute approximate surface area is 176 Å². The van der Waals surface area contributed by atoms with Crippen LogP contribution in [-0.4, -0.2) is 51.4 Å². The molecule has 0 bridgehead atoms. The Morgan fingerprint density at radius 3 is 2.93 bits per heavy atom. The van der Waals surface area contributed by atoms with E-state index in [1.807, 2.05) is 18.5 Å². The van der Waals surface area contributed by atoms with Gasteiger partial charge in [-0.1, -0.05) is 11.6 Å². The fourth-order valence-electron chi connectivity index (χ4n) is 3.05. The fraction of sp³-hybridized carbons (Fsp3) is 0.556. The average molecular weight is 446 g/mol. The van der Waals surface area contributed by atoms with Crippen molar-refractivity contribution in [3.63, 3.8) is 0 Å². The molecule has 8 nitrogen and oxygen atoms in total. The van der Waals surface area contributed by atoms with Crippen molar-refractivity contribution in [2.75, 3.05) is 19.7 Å². The summed E-state index contributed by atoms with van der Waals surface area (Å²) < 4.78 is 45.3. The van der Waals surface area contributed by atoms with Crippen molar-refractivity contribution < 1.29 is 17.9 Å². The summed E-state index contributed by atoms with van der Waals surface area (Å²) in [4.78, 5) is 12.5. The lowest BCUT2D eigenvalue weighted by Gasteiger charge is -2.25. The van der Waals surface area contributed by atoms with E-state index >= 15 is 0 Å². The van der Waals surface area contributed by atoms with Gasteiger partial charge in [0.1, 0.15) is 23.3 Å². The van der Waals surface area contributed by atoms with E-state index in [4.69, 9.17) is 16.3 Å². The van der Waals surface area contributed by atoms with Crippen molar-refractivity contribution in [3.05, 3.63) is 34.5 Å². The first kappa shape index (κ1) is 22.1. The number of aliphatic imine (C=N–C) groups is 1. The van der Waals surface area contributed by atoms with Gasteiger partial charge in [0.25, 0.3) is 0 Å². The number of fused-ring (bicyclic) bond motifs is 1. The molecule has 2 aromatic rings. The van der Waals surface area contributed by atoms with E-state index in [-0.39, 0.29) is 30.1 Å². The van der Waals surface area contributed by atoms with Crippen LogP contribution in [0.2, 0.25) is 5.02 Å². The van der Waals surface area contributed by atoms with Crippen LogP contribution in [0.5, 0.6) is 5.88 Å². The van der Waals surface area contributed by atoms with Crippen LogP contribution in [0.3, 0.4) is 0 Å². The van der Waals surface area contributed by atoms with Gasteiger partial charge in [0.2, 0.25) is 5.88 Å². The highest BCUT2D eigenvalue weighted by Crippen LogP contribution is 2.33. The summed E-state index contributed by atoms with van der Waals surface area (Å²) in [6.45, 7) is 5.60. The third kappa shape index (κ3) is 5.74. The van der Waals surface area contributed by atoms with Gasteiger partial charge < -0.3 is 15.4 Å². The van der Waals surface area contributed by atoms with Crippen LogP contribution in [0.4, 0.5) is 13.2 Å². The van der Waals surface area contributed by atoms with E-state index < -0.39 is 11.7 Å². The average Bonchev–Trinajstić information content (AvgIpc) is 3.04. The topological polar surface area (TPSA) is 89.2 Å². The molecule has 0 aliphatic carbocycles. The highest BCUT2D eigenvalue weighted by atomic mass is 35.5. The van der Waals surface area contributed by atoms with E-state index in [0.29, 0.717) is 25.2 Å². The van der Waals surface area contributed by atoms with Gasteiger partial charge in [-0.3, -0.25) is 0 Å². The number of aryl methyl sites for hydroxylation is 2. The molecular formula is C18H23ClF3N7O. The molecule has 0 spiro atoms. The van der Waals surface area contributed by atoms with Crippen LogP contribution in [0, 0.1) is 6.92 Å². The third-order valence-corrected chi connectivity index (χ3v) is 4.65. The highest BCUT2D eigenvalue weighted by Gasteiger charge is 2.31. The summed E-state index contributed by atoms with van der Waals surface area (Å²) in [5, 5.41) is 10.7. The van der Waals surface area contributed by atoms with Crippen molar-refractivity contribution in [2.45, 2.75) is 45.5 Å². The predicted molar refractivity (Wildman–Crippen MR) is 106 cm³/mol. The summed E-state index contributed by atoms with van der Waals surface area (Å²) in [5.74, 6) is 2.32. The molecule has 0 aromatic carbocycles. The van der Waals surface area contributed by atoms with Gasteiger partial charge >= 0.3 is 6.18 Å². The van der Waals surface area contributed by atoms with Gasteiger partial charge in [-0.05, 0) is 26.3 Å². The van der Waals surface area contributed by atoms with Crippen LogP contribution < -0.4 is 15.4 Å². The minimum absolute atomic E-state index is 0.0563. The van der Waals surface area contributed by atoms with Gasteiger partial charge in [0, 0.05) is 25.2 Å². The van der Waals surface area contributed by atoms with Crippen LogP contribution in [-0.2, 0) is 19.1 Å². The van der Waals surface area contributed by atoms with Gasteiger partial charge in [0.05, 0.1) is 18.7 Å². The quantitative estimate of drug-likeness (QED) is 0.403. The lowest BCUT2D eigenvalue weighted by Crippen LogP contribution is -2.47. The van der Waals surface area contributed by atoms with Crippen molar-refractivity contribution in [1.29, 1.82) is 0 Å². The smallest absolute Gasteiger partial charge is 0.417 e. The summed E-state index contributed by atoms with van der Waals surface area (Å²) in [6.07, 6.45) is -2.07. The zero-order valence-electron chi connectivity index (χ0n) is 16.6. The SMILES string of the molecule is CCNC(=NCCOc1ncc(C(F)(F)F)cc1Cl)NC1CCc2nc(C)nn2C1. The van der Waals surface area contributed by atoms with Crippen molar-refractivity contribution in [1.82, 2.24) is 30.4 Å². The summed E-state index contributed by atoms with van der Waals surface area (Å²) >= 11 is 5.84. The van der Waals surface area contributed by atoms with E-state index in [2.05, 4.69) is 30.7 Å². The van der Waals surface area contributed by atoms with E-state index in [9.17, 15) is 13.2 Å². The molecule has 30 heavy (non-hydrogen) atoms. The second-order valence-corrected chi connectivity index (χ2v) is 7.16. The summed E-state index contributed by atoms with van der Waals surface area (Å²) in [5.41, 5.74) is -0.922. The van der Waals surface area contributed by atoms with Crippen molar-refractivity contribution in [2.24, 2.45) is 4.99 Å². The maximum atomic E-state index is 12.7. The maximum Gasteiger partial charge on any atom is 0.417 e. The number of rotatable bonds is 6. The van der Waals surface area contributed by atoms with Crippen molar-refractivity contribution >= 4 is 17.6 Å². The fourth-order valence-corrected chi connectivity index (χ4v) is 3.27. The normalized spacial score (nSPS) is 16.9. The molecule has 164 valence electrons. The number of halogens is 4. The zero-order chi connectivity index (χ0) is 21.7. The van der Waals surface area contributed by atoms with Crippen LogP contribution in [0.1, 0.15) is 30.6 Å². The molecule has 0 saturated carbocycles. The van der Waals surface area contributed by atoms with Gasteiger partial charge in [-0.15, -0.1) is 0 Å². The summed E-state index contributed by atoms with van der Waals surface area (Å²) in [7, 11) is 0. The molecule has 1 atom stereocenters. The molecule has 12 heteroatoms. The Kier molecular flexibility index (Phi) is 7.01. The van der Waals surface area contributed by atoms with E-state index in [1.165, 1.54) is 0 Å². The molecular weight excluding hydrogens is 423 g/mol. The Balaban J connectivity index is 1.53. The standard InChI is InChI=1S/C18H23ClF3N7O/c1-3-23-17(27-13-4-5-15-26-11(2)28-29(15)10-13)24-6-7-30-16-14(19)8-12(9-25-16)18(20,21)22/h8-9,13H,3-7,10H2,1-2H3,(H2,23,24,27). The number of pyridine rings is 1. The molecule has 1 aliphatic rings. The third-order valence-electron chi connectivity index (χ3n) is 4.38. The van der Waals surface area contributed by atoms with Crippen LogP contribution >= 0.6 is 11.6 Å². The minimum atomic E-state index is -4.50. The molecule has 1 unspecified atom stereocenters. The molecule has 0 amide bonds. The Morgan fingerprint density at radius 2 is 2.23 bits per heavy atom. The Hall–Kier alpha value is -2.56. The monoisotopic (exact) mass is 445 g/mol. The van der Waals surface area contributed by atoms with Gasteiger partial charge in [-0.2, -0.15) is 18.3 Å². The predicted octanol–water partition coefficient (Wildman–Crippen LogP) is 2.60. The number of hydrogen-bond donors (Lipinski definition) is 2. The van der Waals surface area contributed by atoms with Gasteiger partial charge in [0.15, 0.2) is 5.96 Å². The number of ether oxygens (including phenoxy) is 1. The molecule has 3 rings (SSSR count). The number of guanidine groups is 1. The number of alkyl halides is 3. The molecule has 3 heterocycles. The largest absolute Gasteiger partial charge is 0.475 e. The molecule has 0 radical (unpaired) electrons. The van der Waals surface area contributed by atoms with Gasteiger partial charge in [-0.25, -0.2) is 19.6 Å². The van der Waals surface area contributed by atoms with E-state index in [0.717, 1.165) is 30.6 Å². The van der Waals surface area contributed by atoms with E-state index in [1.54, 1.807) is 0 Å². The highest BCUT2D eigenvalue weighted by molar-refractivity contribution is 6.31. The zero-order valence-corrected chi connectivity index (χ0v) is 17.4. The first-order valence-corrected chi connectivity index (χ1v) is 9.94. The second-order valence-electron chi connectivity index (χ2n) is 6.76. The number of aromatic nitrogens is 4. The molecule has 0 fully saturated rings. The number of nitrogens with one attached hydrogen (secondary N) is 2. The number of nitrogens with zero attached hydrogens (tertiary/aromatic N) is 5. The lowest BCUT2D eigenvalue weighted by molar-refractivity contribution is -0.137. The Bertz CT molecular complexity index is 900. The molecule has 2 aromatic heterocycles. The minimum Gasteiger partial charge on any atom is -0.475 e. The number of hydrogen-bond acceptors (Lipinski definition) is 5. The molecule has 2 N–H and O–H groups in total.